The average molecular weight is 192 g/mol. The fourth-order valence-corrected chi connectivity index (χ4v) is 0.714. The van der Waals surface area contributed by atoms with E-state index in [1.807, 2.05) is 11.2 Å². The molecular formula is C6H5F3N3O. The third kappa shape index (κ3) is 2.46. The lowest BCUT2D eigenvalue weighted by atomic mass is 10.3. The van der Waals surface area contributed by atoms with Crippen LogP contribution in [0, 0.1) is 6.07 Å². The third-order valence-electron chi connectivity index (χ3n) is 1.19. The van der Waals surface area contributed by atoms with Gasteiger partial charge in [-0.05, 0) is 0 Å². The van der Waals surface area contributed by atoms with Gasteiger partial charge < -0.3 is 5.73 Å². The maximum Gasteiger partial charge on any atom is 0.435 e. The Bertz CT molecular complexity index is 317. The lowest BCUT2D eigenvalue weighted by Gasteiger charge is -1.98. The highest BCUT2D eigenvalue weighted by Gasteiger charge is 2.34. The second-order valence-electron chi connectivity index (χ2n) is 2.32. The summed E-state index contributed by atoms with van der Waals surface area (Å²) in [7, 11) is 0. The summed E-state index contributed by atoms with van der Waals surface area (Å²) in [6.45, 7) is 0. The molecule has 1 aromatic rings. The van der Waals surface area contributed by atoms with E-state index in [9.17, 15) is 18.0 Å². The van der Waals surface area contributed by atoms with Crippen molar-refractivity contribution in [3.63, 3.8) is 0 Å². The Morgan fingerprint density at radius 1 is 1.62 bits per heavy atom. The highest BCUT2D eigenvalue weighted by atomic mass is 19.4. The van der Waals surface area contributed by atoms with Crippen molar-refractivity contribution in [2.24, 2.45) is 5.73 Å². The van der Waals surface area contributed by atoms with Crippen molar-refractivity contribution >= 4 is 5.91 Å². The zero-order valence-electron chi connectivity index (χ0n) is 6.27. The van der Waals surface area contributed by atoms with Crippen LogP contribution in [0.2, 0.25) is 0 Å². The molecule has 0 spiro atoms. The second-order valence-corrected chi connectivity index (χ2v) is 2.32. The molecule has 0 unspecified atom stereocenters. The highest BCUT2D eigenvalue weighted by molar-refractivity contribution is 5.75. The van der Waals surface area contributed by atoms with E-state index < -0.39 is 17.8 Å². The number of hydrogen-bond donors (Lipinski definition) is 2. The van der Waals surface area contributed by atoms with Crippen LogP contribution in [-0.2, 0) is 17.4 Å². The van der Waals surface area contributed by atoms with Gasteiger partial charge in [0, 0.05) is 6.07 Å². The number of halogens is 3. The number of nitrogens with zero attached hydrogens (tertiary/aromatic N) is 1. The van der Waals surface area contributed by atoms with Crippen LogP contribution in [0.15, 0.2) is 0 Å². The molecule has 3 N–H and O–H groups in total. The molecule has 1 radical (unpaired) electrons. The monoisotopic (exact) mass is 192 g/mol. The fourth-order valence-electron chi connectivity index (χ4n) is 0.714. The van der Waals surface area contributed by atoms with Crippen molar-refractivity contribution in [2.75, 3.05) is 0 Å². The van der Waals surface area contributed by atoms with Gasteiger partial charge in [0.15, 0.2) is 5.69 Å². The molecule has 4 nitrogen and oxygen atoms in total. The summed E-state index contributed by atoms with van der Waals surface area (Å²) in [5.41, 5.74) is 3.51. The van der Waals surface area contributed by atoms with Crippen LogP contribution in [0.4, 0.5) is 13.2 Å². The molecule has 0 saturated carbocycles. The summed E-state index contributed by atoms with van der Waals surface area (Å²) in [4.78, 5) is 10.3. The van der Waals surface area contributed by atoms with E-state index >= 15 is 0 Å². The minimum Gasteiger partial charge on any atom is -0.369 e. The molecule has 0 aliphatic heterocycles. The summed E-state index contributed by atoms with van der Waals surface area (Å²) >= 11 is 0. The predicted molar refractivity (Wildman–Crippen MR) is 35.3 cm³/mol. The van der Waals surface area contributed by atoms with Gasteiger partial charge in [0.05, 0.1) is 12.1 Å². The van der Waals surface area contributed by atoms with E-state index in [2.05, 4.69) is 5.10 Å². The van der Waals surface area contributed by atoms with Crippen LogP contribution < -0.4 is 5.73 Å². The molecule has 0 fully saturated rings. The van der Waals surface area contributed by atoms with E-state index in [0.717, 1.165) is 0 Å². The van der Waals surface area contributed by atoms with Gasteiger partial charge in [-0.15, -0.1) is 0 Å². The predicted octanol–water partition coefficient (Wildman–Crippen LogP) is 0.256. The van der Waals surface area contributed by atoms with Gasteiger partial charge in [0.2, 0.25) is 5.91 Å². The van der Waals surface area contributed by atoms with Crippen LogP contribution in [0.3, 0.4) is 0 Å². The normalized spacial score (nSPS) is 11.6. The number of primary amides is 1. The third-order valence-corrected chi connectivity index (χ3v) is 1.19. The number of carbonyl (C=O) groups excluding carboxylic acids is 1. The molecule has 0 saturated heterocycles. The standard InChI is InChI=1S/C6H5F3N3O/c7-6(8,9)4-1-3(11-12-4)2-5(10)13/h2H2,(H2,10,13)(H,11,12). The number of nitrogens with two attached hydrogens (primary N) is 1. The smallest absolute Gasteiger partial charge is 0.369 e. The van der Waals surface area contributed by atoms with Crippen LogP contribution >= 0.6 is 0 Å². The molecule has 13 heavy (non-hydrogen) atoms. The van der Waals surface area contributed by atoms with Gasteiger partial charge in [0.1, 0.15) is 0 Å². The molecule has 0 aliphatic rings. The Kier molecular flexibility index (Phi) is 2.26. The molecule has 1 heterocycles. The minimum atomic E-state index is -4.55. The first-order valence-electron chi connectivity index (χ1n) is 3.21. The van der Waals surface area contributed by atoms with Crippen molar-refractivity contribution in [3.8, 4) is 0 Å². The number of aromatic amines is 1. The first-order valence-corrected chi connectivity index (χ1v) is 3.21. The summed E-state index contributed by atoms with van der Waals surface area (Å²) in [5, 5.41) is 4.94. The summed E-state index contributed by atoms with van der Waals surface area (Å²) in [5.74, 6) is -0.742. The Labute approximate surface area is 70.9 Å². The van der Waals surface area contributed by atoms with Crippen molar-refractivity contribution in [1.29, 1.82) is 0 Å². The van der Waals surface area contributed by atoms with Gasteiger partial charge in [0.25, 0.3) is 0 Å². The van der Waals surface area contributed by atoms with Crippen LogP contribution in [-0.4, -0.2) is 16.1 Å². The Morgan fingerprint density at radius 3 is 2.62 bits per heavy atom. The van der Waals surface area contributed by atoms with E-state index in [1.165, 1.54) is 0 Å². The molecule has 0 aromatic carbocycles. The van der Waals surface area contributed by atoms with Crippen LogP contribution in [0.25, 0.3) is 0 Å². The number of carbonyl (C=O) groups is 1. The van der Waals surface area contributed by atoms with Crippen molar-refractivity contribution in [1.82, 2.24) is 10.2 Å². The topological polar surface area (TPSA) is 71.8 Å². The first kappa shape index (κ1) is 9.56. The fraction of sp³-hybridized carbons (Fsp3) is 0.333. The van der Waals surface area contributed by atoms with Gasteiger partial charge >= 0.3 is 6.18 Å². The average Bonchev–Trinajstić information content (AvgIpc) is 2.32. The molecule has 1 rings (SSSR count). The van der Waals surface area contributed by atoms with Crippen LogP contribution in [0.5, 0.6) is 0 Å². The number of aromatic nitrogens is 2. The second kappa shape index (κ2) is 3.08. The van der Waals surface area contributed by atoms with E-state index in [-0.39, 0.29) is 12.1 Å². The minimum absolute atomic E-state index is 0.0696. The van der Waals surface area contributed by atoms with Crippen molar-refractivity contribution < 1.29 is 18.0 Å². The zero-order chi connectivity index (χ0) is 10.1. The molecule has 7 heteroatoms. The van der Waals surface area contributed by atoms with Gasteiger partial charge in [-0.1, -0.05) is 0 Å². The maximum atomic E-state index is 11.9. The quantitative estimate of drug-likeness (QED) is 0.705. The summed E-state index contributed by atoms with van der Waals surface area (Å²) in [6, 6.07) is 1.89. The summed E-state index contributed by atoms with van der Waals surface area (Å²) in [6.07, 6.45) is -4.88. The Hall–Kier alpha value is -1.53. The van der Waals surface area contributed by atoms with E-state index in [4.69, 9.17) is 5.73 Å². The molecule has 0 bridgehead atoms. The lowest BCUT2D eigenvalue weighted by Crippen LogP contribution is -2.13. The Balaban J connectivity index is 2.81. The molecule has 0 aliphatic carbocycles. The number of amides is 1. The number of hydrogen-bond acceptors (Lipinski definition) is 2. The molecule has 1 aromatic heterocycles. The highest BCUT2D eigenvalue weighted by Crippen LogP contribution is 2.27. The van der Waals surface area contributed by atoms with Crippen molar-refractivity contribution in [2.45, 2.75) is 12.6 Å². The number of nitrogens with one attached hydrogen (secondary N) is 1. The van der Waals surface area contributed by atoms with Crippen molar-refractivity contribution in [3.05, 3.63) is 17.5 Å². The zero-order valence-corrected chi connectivity index (χ0v) is 6.27. The van der Waals surface area contributed by atoms with Gasteiger partial charge in [-0.3, -0.25) is 9.89 Å². The molecule has 71 valence electrons. The SMILES string of the molecule is NC(=O)Cc1[c]c(C(F)(F)F)n[nH]1. The first-order chi connectivity index (χ1) is 5.89. The summed E-state index contributed by atoms with van der Waals surface area (Å²) < 4.78 is 35.7. The van der Waals surface area contributed by atoms with Crippen LogP contribution in [0.1, 0.15) is 11.4 Å². The lowest BCUT2D eigenvalue weighted by molar-refractivity contribution is -0.141. The van der Waals surface area contributed by atoms with E-state index in [0.29, 0.717) is 0 Å². The number of rotatable bonds is 2. The number of H-pyrrole nitrogens is 1. The maximum absolute atomic E-state index is 11.9. The largest absolute Gasteiger partial charge is 0.435 e. The molecule has 0 atom stereocenters. The molecule has 1 amide bonds. The molecular weight excluding hydrogens is 187 g/mol. The van der Waals surface area contributed by atoms with E-state index in [1.54, 1.807) is 0 Å². The number of alkyl halides is 3. The van der Waals surface area contributed by atoms with Gasteiger partial charge in [-0.25, -0.2) is 0 Å². The van der Waals surface area contributed by atoms with Gasteiger partial charge in [-0.2, -0.15) is 18.3 Å². The Morgan fingerprint density at radius 2 is 2.23 bits per heavy atom.